The molecule has 0 unspecified atom stereocenters. The Bertz CT molecular complexity index is 1720. The lowest BCUT2D eigenvalue weighted by molar-refractivity contribution is 0.454. The number of hydrogen-bond acceptors (Lipinski definition) is 7. The highest BCUT2D eigenvalue weighted by atomic mass is 16.3. The predicted molar refractivity (Wildman–Crippen MR) is 129 cm³/mol. The molecule has 0 aliphatic heterocycles. The van der Waals surface area contributed by atoms with Crippen molar-refractivity contribution in [1.29, 1.82) is 0 Å². The first-order chi connectivity index (χ1) is 17.0. The molecule has 35 heavy (non-hydrogen) atoms. The van der Waals surface area contributed by atoms with Gasteiger partial charge in [0, 0.05) is 35.9 Å². The second-order valence-corrected chi connectivity index (χ2v) is 8.55. The number of imidazole rings is 2. The van der Waals surface area contributed by atoms with Gasteiger partial charge in [-0.2, -0.15) is 9.61 Å². The van der Waals surface area contributed by atoms with Crippen LogP contribution in [0.2, 0.25) is 0 Å². The minimum absolute atomic E-state index is 0.237. The average Bonchev–Trinajstić information content (AvgIpc) is 3.25. The summed E-state index contributed by atoms with van der Waals surface area (Å²) in [6, 6.07) is 10.4. The lowest BCUT2D eigenvalue weighted by Gasteiger charge is -2.10. The zero-order valence-corrected chi connectivity index (χ0v) is 18.9. The van der Waals surface area contributed by atoms with Gasteiger partial charge in [-0.3, -0.25) is 9.98 Å². The second kappa shape index (κ2) is 8.28. The van der Waals surface area contributed by atoms with Crippen molar-refractivity contribution in [3.63, 3.8) is 0 Å². The molecular weight excluding hydrogens is 446 g/mol. The van der Waals surface area contributed by atoms with Crippen molar-refractivity contribution in [1.82, 2.24) is 34.1 Å². The van der Waals surface area contributed by atoms with E-state index in [-0.39, 0.29) is 11.6 Å². The summed E-state index contributed by atoms with van der Waals surface area (Å²) >= 11 is 0. The molecule has 0 atom stereocenters. The van der Waals surface area contributed by atoms with Crippen LogP contribution in [-0.4, -0.2) is 45.3 Å². The summed E-state index contributed by atoms with van der Waals surface area (Å²) in [7, 11) is 0. The molecule has 4 N–H and O–H groups in total. The maximum absolute atomic E-state index is 11.5. The van der Waals surface area contributed by atoms with E-state index < -0.39 is 5.69 Å². The number of anilines is 1. The van der Waals surface area contributed by atoms with Crippen LogP contribution in [0.5, 0.6) is 5.88 Å². The van der Waals surface area contributed by atoms with Crippen LogP contribution in [0.4, 0.5) is 5.82 Å². The van der Waals surface area contributed by atoms with Gasteiger partial charge in [-0.05, 0) is 43.5 Å². The van der Waals surface area contributed by atoms with E-state index in [0.29, 0.717) is 34.8 Å². The van der Waals surface area contributed by atoms with Crippen LogP contribution in [-0.2, 0) is 6.54 Å². The van der Waals surface area contributed by atoms with Crippen molar-refractivity contribution >= 4 is 17.5 Å². The minimum atomic E-state index is -0.488. The molecule has 6 rings (SSSR count). The van der Waals surface area contributed by atoms with E-state index in [1.54, 1.807) is 23.0 Å². The first-order valence-corrected chi connectivity index (χ1v) is 11.3. The van der Waals surface area contributed by atoms with Gasteiger partial charge < -0.3 is 20.0 Å². The molecular formula is C24H23N9O2. The fourth-order valence-electron chi connectivity index (χ4n) is 3.95. The van der Waals surface area contributed by atoms with Crippen molar-refractivity contribution in [3.05, 3.63) is 87.2 Å². The quantitative estimate of drug-likeness (QED) is 0.294. The van der Waals surface area contributed by atoms with Crippen LogP contribution in [0.15, 0.2) is 58.7 Å². The number of H-pyrrole nitrogens is 2. The number of aryl methyl sites for hydroxylation is 1. The van der Waals surface area contributed by atoms with E-state index in [1.807, 2.05) is 35.9 Å². The summed E-state index contributed by atoms with van der Waals surface area (Å²) in [6.07, 6.45) is 9.12. The fraction of sp³-hybridized carbons (Fsp3) is 0.208. The predicted octanol–water partition coefficient (Wildman–Crippen LogP) is 1.17. The number of nitrogens with one attached hydrogen (secondary N) is 3. The number of nitrogens with zero attached hydrogens (tertiary/aromatic N) is 6. The first-order valence-electron chi connectivity index (χ1n) is 11.3. The Morgan fingerprint density at radius 3 is 2.91 bits per heavy atom. The second-order valence-electron chi connectivity index (χ2n) is 8.55. The van der Waals surface area contributed by atoms with Crippen molar-refractivity contribution < 1.29 is 5.11 Å². The third-order valence-corrected chi connectivity index (χ3v) is 5.87. The maximum Gasteiger partial charge on any atom is 0.326 e. The van der Waals surface area contributed by atoms with E-state index in [4.69, 9.17) is 9.98 Å². The molecule has 1 aromatic carbocycles. The minimum Gasteiger partial charge on any atom is -0.493 e. The van der Waals surface area contributed by atoms with E-state index in [9.17, 15) is 9.90 Å². The summed E-state index contributed by atoms with van der Waals surface area (Å²) in [4.78, 5) is 30.2. The molecule has 0 radical (unpaired) electrons. The van der Waals surface area contributed by atoms with Crippen LogP contribution in [0, 0.1) is 6.92 Å². The number of aromatic nitrogens is 7. The molecule has 1 aliphatic carbocycles. The normalized spacial score (nSPS) is 14.8. The fourth-order valence-corrected chi connectivity index (χ4v) is 3.95. The van der Waals surface area contributed by atoms with Gasteiger partial charge in [-0.25, -0.2) is 14.8 Å². The van der Waals surface area contributed by atoms with Crippen molar-refractivity contribution in [2.24, 2.45) is 4.99 Å². The van der Waals surface area contributed by atoms with Gasteiger partial charge in [0.1, 0.15) is 17.3 Å². The van der Waals surface area contributed by atoms with Crippen LogP contribution >= 0.6 is 0 Å². The summed E-state index contributed by atoms with van der Waals surface area (Å²) < 4.78 is 3.72. The molecule has 4 heterocycles. The molecule has 0 amide bonds. The van der Waals surface area contributed by atoms with Gasteiger partial charge in [0.2, 0.25) is 5.88 Å². The van der Waals surface area contributed by atoms with Crippen molar-refractivity contribution in [2.45, 2.75) is 32.4 Å². The Morgan fingerprint density at radius 2 is 2.17 bits per heavy atom. The lowest BCUT2D eigenvalue weighted by atomic mass is 10.2. The van der Waals surface area contributed by atoms with Gasteiger partial charge in [-0.1, -0.05) is 12.1 Å². The highest BCUT2D eigenvalue weighted by Crippen LogP contribution is 2.22. The smallest absolute Gasteiger partial charge is 0.326 e. The summed E-state index contributed by atoms with van der Waals surface area (Å²) in [5.41, 5.74) is 3.18. The van der Waals surface area contributed by atoms with Crippen LogP contribution < -0.4 is 21.7 Å². The molecule has 176 valence electrons. The maximum atomic E-state index is 11.5. The zero-order chi connectivity index (χ0) is 23.9. The number of aromatic amines is 2. The topological polar surface area (TPSA) is 141 Å². The number of aromatic hydroxyl groups is 1. The third kappa shape index (κ3) is 4.19. The SMILES string of the molecule is Cc1nccn1-c1cccc(CNc2cc(=NC3CC3)n3nc/c(=C\c4[nH]c(=O)[nH]c4O)c3n2)c1. The van der Waals surface area contributed by atoms with Gasteiger partial charge in [0.05, 0.1) is 12.2 Å². The Kier molecular flexibility index (Phi) is 4.94. The van der Waals surface area contributed by atoms with Gasteiger partial charge in [-0.15, -0.1) is 0 Å². The van der Waals surface area contributed by atoms with Gasteiger partial charge in [0.25, 0.3) is 0 Å². The number of hydrogen-bond donors (Lipinski definition) is 4. The highest BCUT2D eigenvalue weighted by Gasteiger charge is 2.20. The molecule has 5 aromatic rings. The Morgan fingerprint density at radius 1 is 1.29 bits per heavy atom. The monoisotopic (exact) mass is 469 g/mol. The van der Waals surface area contributed by atoms with Crippen LogP contribution in [0.1, 0.15) is 29.9 Å². The molecule has 0 saturated heterocycles. The van der Waals surface area contributed by atoms with E-state index >= 15 is 0 Å². The standard InChI is InChI=1S/C24H23N9O2/c1-14-25-7-8-32(14)18-4-2-3-15(9-18)12-26-20-11-21(28-17-5-6-17)33-22(30-20)16(13-27-33)10-19-23(34)31-24(35)29-19/h2-4,7-11,13,17,26,34H,5-6,12H2,1H3,(H2,29,31,35)/b16-10+,28-21?. The molecule has 1 aliphatic rings. The van der Waals surface area contributed by atoms with Crippen LogP contribution in [0.25, 0.3) is 17.4 Å². The zero-order valence-electron chi connectivity index (χ0n) is 18.9. The van der Waals surface area contributed by atoms with E-state index in [0.717, 1.165) is 29.9 Å². The van der Waals surface area contributed by atoms with E-state index in [1.165, 1.54) is 0 Å². The summed E-state index contributed by atoms with van der Waals surface area (Å²) in [6.45, 7) is 2.53. The summed E-state index contributed by atoms with van der Waals surface area (Å²) in [5.74, 6) is 1.34. The Labute approximate surface area is 198 Å². The molecule has 1 fully saturated rings. The highest BCUT2D eigenvalue weighted by molar-refractivity contribution is 5.58. The molecule has 0 spiro atoms. The number of benzene rings is 1. The number of fused-ring (bicyclic) bond motifs is 1. The number of rotatable bonds is 6. The van der Waals surface area contributed by atoms with Crippen molar-refractivity contribution in [3.8, 4) is 11.6 Å². The van der Waals surface area contributed by atoms with Gasteiger partial charge in [0.15, 0.2) is 11.1 Å². The van der Waals surface area contributed by atoms with E-state index in [2.05, 4.69) is 37.5 Å². The first kappa shape index (κ1) is 20.9. The Balaban J connectivity index is 1.37. The largest absolute Gasteiger partial charge is 0.493 e. The lowest BCUT2D eigenvalue weighted by Crippen LogP contribution is -2.20. The molecule has 1 saturated carbocycles. The average molecular weight is 470 g/mol. The van der Waals surface area contributed by atoms with Crippen LogP contribution in [0.3, 0.4) is 0 Å². The summed E-state index contributed by atoms with van der Waals surface area (Å²) in [5, 5.41) is 18.5. The molecule has 4 aromatic heterocycles. The van der Waals surface area contributed by atoms with Gasteiger partial charge >= 0.3 is 5.69 Å². The molecule has 11 nitrogen and oxygen atoms in total. The Hall–Kier alpha value is -4.67. The third-order valence-electron chi connectivity index (χ3n) is 5.87. The van der Waals surface area contributed by atoms with Crippen molar-refractivity contribution in [2.75, 3.05) is 5.32 Å². The molecule has 0 bridgehead atoms. The molecule has 11 heteroatoms.